The van der Waals surface area contributed by atoms with Crippen LogP contribution >= 0.6 is 0 Å². The molecule has 6 heteroatoms. The third kappa shape index (κ3) is 3.44. The molecule has 0 saturated heterocycles. The van der Waals surface area contributed by atoms with Crippen molar-refractivity contribution in [3.8, 4) is 22.6 Å². The molecule has 0 aliphatic heterocycles. The van der Waals surface area contributed by atoms with Gasteiger partial charge in [-0.25, -0.2) is 15.0 Å². The van der Waals surface area contributed by atoms with Gasteiger partial charge in [-0.1, -0.05) is 36.4 Å². The molecule has 4 aromatic carbocycles. The predicted molar refractivity (Wildman–Crippen MR) is 173 cm³/mol. The summed E-state index contributed by atoms with van der Waals surface area (Å²) in [5.41, 5.74) is 8.82. The summed E-state index contributed by atoms with van der Waals surface area (Å²) in [6, 6.07) is 29.6. The Labute approximate surface area is 246 Å². The number of para-hydroxylation sites is 1. The number of imidazole rings is 2. The van der Waals surface area contributed by atoms with E-state index in [0.717, 1.165) is 60.9 Å². The lowest BCUT2D eigenvalue weighted by Crippen LogP contribution is -1.96. The fourth-order valence-electron chi connectivity index (χ4n) is 6.77. The maximum Gasteiger partial charge on any atom is 0.146 e. The molecule has 0 bridgehead atoms. The van der Waals surface area contributed by atoms with Crippen molar-refractivity contribution < 1.29 is 4.74 Å². The molecule has 0 fully saturated rings. The minimum Gasteiger partial charge on any atom is -0.457 e. The fourth-order valence-corrected chi connectivity index (χ4v) is 6.77. The summed E-state index contributed by atoms with van der Waals surface area (Å²) >= 11 is 0. The molecular formula is C37H25N5O. The molecule has 5 heterocycles. The Bertz CT molecular complexity index is 2560. The molecular weight excluding hydrogens is 530 g/mol. The van der Waals surface area contributed by atoms with Crippen LogP contribution in [0, 0.1) is 13.8 Å². The molecule has 0 amide bonds. The van der Waals surface area contributed by atoms with Crippen LogP contribution in [0.4, 0.5) is 0 Å². The van der Waals surface area contributed by atoms with Gasteiger partial charge in [0.2, 0.25) is 0 Å². The van der Waals surface area contributed by atoms with Gasteiger partial charge in [0.15, 0.2) is 0 Å². The van der Waals surface area contributed by atoms with E-state index in [2.05, 4.69) is 101 Å². The Hall–Kier alpha value is -5.75. The average molecular weight is 556 g/mol. The second kappa shape index (κ2) is 8.87. The molecule has 0 aliphatic carbocycles. The maximum atomic E-state index is 6.50. The van der Waals surface area contributed by atoms with Crippen molar-refractivity contribution in [1.82, 2.24) is 23.8 Å². The Balaban J connectivity index is 1.22. The first-order chi connectivity index (χ1) is 21.2. The highest BCUT2D eigenvalue weighted by atomic mass is 16.5. The van der Waals surface area contributed by atoms with Crippen molar-refractivity contribution in [1.29, 1.82) is 0 Å². The highest BCUT2D eigenvalue weighted by Crippen LogP contribution is 2.39. The smallest absolute Gasteiger partial charge is 0.146 e. The molecule has 0 aliphatic rings. The third-order valence-corrected chi connectivity index (χ3v) is 8.60. The molecule has 0 N–H and O–H groups in total. The molecule has 0 spiro atoms. The van der Waals surface area contributed by atoms with Crippen molar-refractivity contribution in [2.75, 3.05) is 0 Å². The van der Waals surface area contributed by atoms with E-state index in [1.807, 2.05) is 47.4 Å². The van der Waals surface area contributed by atoms with Crippen LogP contribution in [0.2, 0.25) is 0 Å². The van der Waals surface area contributed by atoms with E-state index < -0.39 is 0 Å². The Morgan fingerprint density at radius 3 is 1.84 bits per heavy atom. The number of hydrogen-bond acceptors (Lipinski definition) is 4. The van der Waals surface area contributed by atoms with Gasteiger partial charge in [-0.3, -0.25) is 8.80 Å². The molecule has 43 heavy (non-hydrogen) atoms. The average Bonchev–Trinajstić information content (AvgIpc) is 3.72. The van der Waals surface area contributed by atoms with Gasteiger partial charge >= 0.3 is 0 Å². The van der Waals surface area contributed by atoms with Crippen molar-refractivity contribution in [2.45, 2.75) is 13.8 Å². The lowest BCUT2D eigenvalue weighted by Gasteiger charge is -2.16. The van der Waals surface area contributed by atoms with Crippen molar-refractivity contribution in [3.63, 3.8) is 0 Å². The maximum absolute atomic E-state index is 6.50. The summed E-state index contributed by atoms with van der Waals surface area (Å²) in [5, 5.41) is 6.56. The molecule has 6 nitrogen and oxygen atoms in total. The van der Waals surface area contributed by atoms with Crippen LogP contribution in [-0.4, -0.2) is 23.8 Å². The summed E-state index contributed by atoms with van der Waals surface area (Å²) in [7, 11) is 0. The zero-order valence-electron chi connectivity index (χ0n) is 23.6. The third-order valence-electron chi connectivity index (χ3n) is 8.60. The number of nitrogens with zero attached hydrogens (tertiary/aromatic N) is 5. The van der Waals surface area contributed by atoms with E-state index in [1.165, 1.54) is 27.6 Å². The summed E-state index contributed by atoms with van der Waals surface area (Å²) in [6.07, 6.45) is 9.51. The van der Waals surface area contributed by atoms with Crippen molar-refractivity contribution in [3.05, 3.63) is 127 Å². The zero-order valence-corrected chi connectivity index (χ0v) is 23.6. The van der Waals surface area contributed by atoms with Gasteiger partial charge in [0.25, 0.3) is 0 Å². The summed E-state index contributed by atoms with van der Waals surface area (Å²) in [6.45, 7) is 4.36. The van der Waals surface area contributed by atoms with Crippen LogP contribution in [0.3, 0.4) is 0 Å². The number of benzene rings is 4. The number of hydrogen-bond donors (Lipinski definition) is 0. The highest BCUT2D eigenvalue weighted by Gasteiger charge is 2.17. The van der Waals surface area contributed by atoms with E-state index in [4.69, 9.17) is 9.72 Å². The van der Waals surface area contributed by atoms with Gasteiger partial charge in [-0.2, -0.15) is 0 Å². The van der Waals surface area contributed by atoms with Gasteiger partial charge in [-0.05, 0) is 89.8 Å². The van der Waals surface area contributed by atoms with Crippen LogP contribution in [-0.2, 0) is 0 Å². The van der Waals surface area contributed by atoms with Crippen LogP contribution in [0.15, 0.2) is 116 Å². The van der Waals surface area contributed by atoms with Gasteiger partial charge < -0.3 is 4.74 Å². The number of aromatic nitrogens is 5. The largest absolute Gasteiger partial charge is 0.457 e. The first-order valence-corrected chi connectivity index (χ1v) is 14.4. The molecule has 0 radical (unpaired) electrons. The number of ether oxygens (including phenoxy) is 1. The van der Waals surface area contributed by atoms with Crippen LogP contribution in [0.5, 0.6) is 11.5 Å². The molecule has 0 saturated carbocycles. The minimum absolute atomic E-state index is 0.748. The van der Waals surface area contributed by atoms with Gasteiger partial charge in [0.05, 0.1) is 5.52 Å². The standard InChI is InChI=1S/C37H25N5O/c1-22-6-3-7-23(2)33(22)30-9-4-8-28-26-13-11-24(20-31(26)36-39-16-18-41(36)34(28)30)43-25-12-14-27-29-10-5-15-38-35(29)42-19-17-40-37(42)32(27)21-25/h3-21H,1-2H3. The monoisotopic (exact) mass is 555 g/mol. The van der Waals surface area contributed by atoms with Gasteiger partial charge in [-0.15, -0.1) is 0 Å². The quantitative estimate of drug-likeness (QED) is 0.204. The molecule has 5 aromatic heterocycles. The lowest BCUT2D eigenvalue weighted by molar-refractivity contribution is 0.484. The summed E-state index contributed by atoms with van der Waals surface area (Å²) in [4.78, 5) is 14.1. The Morgan fingerprint density at radius 2 is 1.09 bits per heavy atom. The van der Waals surface area contributed by atoms with Gasteiger partial charge in [0, 0.05) is 58.1 Å². The number of fused-ring (bicyclic) bond motifs is 12. The normalized spacial score (nSPS) is 12.0. The van der Waals surface area contributed by atoms with Crippen LogP contribution < -0.4 is 4.74 Å². The molecule has 204 valence electrons. The number of pyridine rings is 3. The molecule has 9 rings (SSSR count). The molecule has 0 unspecified atom stereocenters. The molecule has 9 aromatic rings. The van der Waals surface area contributed by atoms with Gasteiger partial charge in [0.1, 0.15) is 28.4 Å². The van der Waals surface area contributed by atoms with Crippen molar-refractivity contribution >= 4 is 54.8 Å². The predicted octanol–water partition coefficient (Wildman–Crippen LogP) is 9.07. The zero-order chi connectivity index (χ0) is 28.7. The fraction of sp³-hybridized carbons (Fsp3) is 0.0541. The van der Waals surface area contributed by atoms with E-state index in [0.29, 0.717) is 0 Å². The second-order valence-electron chi connectivity index (χ2n) is 11.1. The topological polar surface area (TPSA) is 56.7 Å². The number of aryl methyl sites for hydroxylation is 2. The number of rotatable bonds is 3. The SMILES string of the molecule is Cc1cccc(C)c1-c1cccc2c3ccc(Oc4ccc5c6cccnc6n6ccnc6c5c4)cc3c3nccn3c12. The summed E-state index contributed by atoms with van der Waals surface area (Å²) < 4.78 is 10.8. The van der Waals surface area contributed by atoms with E-state index in [-0.39, 0.29) is 0 Å². The van der Waals surface area contributed by atoms with Crippen LogP contribution in [0.1, 0.15) is 11.1 Å². The van der Waals surface area contributed by atoms with E-state index in [1.54, 1.807) is 0 Å². The first-order valence-electron chi connectivity index (χ1n) is 14.4. The minimum atomic E-state index is 0.748. The lowest BCUT2D eigenvalue weighted by atomic mass is 9.92. The van der Waals surface area contributed by atoms with Crippen molar-refractivity contribution in [2.24, 2.45) is 0 Å². The molecule has 0 atom stereocenters. The first kappa shape index (κ1) is 23.9. The van der Waals surface area contributed by atoms with E-state index in [9.17, 15) is 0 Å². The highest BCUT2D eigenvalue weighted by molar-refractivity contribution is 6.15. The summed E-state index contributed by atoms with van der Waals surface area (Å²) in [5.74, 6) is 1.50. The van der Waals surface area contributed by atoms with Crippen LogP contribution in [0.25, 0.3) is 65.9 Å². The van der Waals surface area contributed by atoms with E-state index >= 15 is 0 Å². The Morgan fingerprint density at radius 1 is 0.512 bits per heavy atom. The Kier molecular flexibility index (Phi) is 4.93. The second-order valence-corrected chi connectivity index (χ2v) is 11.1.